The molecule has 150 valence electrons. The maximum absolute atomic E-state index is 12.2. The summed E-state index contributed by atoms with van der Waals surface area (Å²) in [7, 11) is 0. The summed E-state index contributed by atoms with van der Waals surface area (Å²) in [6, 6.07) is 2.97. The van der Waals surface area contributed by atoms with Crippen molar-refractivity contribution in [3.63, 3.8) is 0 Å². The van der Waals surface area contributed by atoms with Crippen molar-refractivity contribution in [2.45, 2.75) is 78.1 Å². The minimum atomic E-state index is -0.0468. The van der Waals surface area contributed by atoms with Gasteiger partial charge in [0.05, 0.1) is 11.5 Å². The van der Waals surface area contributed by atoms with Gasteiger partial charge in [0.25, 0.3) is 0 Å². The molecule has 0 heterocycles. The largest absolute Gasteiger partial charge is 0.295 e. The van der Waals surface area contributed by atoms with Gasteiger partial charge in [-0.2, -0.15) is 5.26 Å². The van der Waals surface area contributed by atoms with Crippen molar-refractivity contribution in [3.8, 4) is 6.07 Å². The van der Waals surface area contributed by atoms with Crippen LogP contribution >= 0.6 is 0 Å². The van der Waals surface area contributed by atoms with E-state index in [1.165, 1.54) is 50.5 Å². The van der Waals surface area contributed by atoms with E-state index in [4.69, 9.17) is 0 Å². The van der Waals surface area contributed by atoms with Crippen molar-refractivity contribution in [1.29, 1.82) is 5.26 Å². The van der Waals surface area contributed by atoms with E-state index in [0.29, 0.717) is 17.6 Å². The molecule has 0 spiro atoms. The number of allylic oxidation sites excluding steroid dienone is 1. The summed E-state index contributed by atoms with van der Waals surface area (Å²) in [5, 5.41) is 10.5. The number of nitriles is 1. The molecule has 7 unspecified atom stereocenters. The average molecular weight is 378 g/mol. The van der Waals surface area contributed by atoms with E-state index in [-0.39, 0.29) is 10.8 Å². The van der Waals surface area contributed by atoms with Gasteiger partial charge in [-0.1, -0.05) is 19.4 Å². The highest BCUT2D eigenvalue weighted by atomic mass is 16.1. The molecule has 0 N–H and O–H groups in total. The van der Waals surface area contributed by atoms with Crippen LogP contribution in [0.5, 0.6) is 0 Å². The van der Waals surface area contributed by atoms with Crippen LogP contribution in [-0.2, 0) is 4.79 Å². The van der Waals surface area contributed by atoms with E-state index < -0.39 is 0 Å². The first-order valence-electron chi connectivity index (χ1n) is 12.2. The summed E-state index contributed by atoms with van der Waals surface area (Å²) < 4.78 is 0. The van der Waals surface area contributed by atoms with E-state index in [0.717, 1.165) is 54.8 Å². The molecule has 0 aliphatic heterocycles. The zero-order valence-corrected chi connectivity index (χ0v) is 17.6. The van der Waals surface area contributed by atoms with E-state index in [9.17, 15) is 10.1 Å². The molecule has 0 aromatic carbocycles. The lowest BCUT2D eigenvalue weighted by molar-refractivity contribution is -0.118. The molecule has 6 aliphatic carbocycles. The second-order valence-corrected chi connectivity index (χ2v) is 11.3. The Labute approximate surface area is 170 Å². The summed E-state index contributed by atoms with van der Waals surface area (Å²) in [6.07, 6.45) is 14.2. The number of hydrogen-bond acceptors (Lipinski definition) is 2. The van der Waals surface area contributed by atoms with E-state index in [2.05, 4.69) is 26.0 Å². The maximum Gasteiger partial charge on any atom is 0.155 e. The molecule has 0 aromatic heterocycles. The SMILES string of the molecule is CCC12CCC3C4CCC(=O)C=C4CC(C4CC4)C3[C@@H]1C1CC1[C@@]2(C#N)CC. The molecule has 6 aliphatic rings. The first kappa shape index (κ1) is 17.7. The zero-order chi connectivity index (χ0) is 19.3. The molecule has 28 heavy (non-hydrogen) atoms. The molecule has 6 rings (SSSR count). The van der Waals surface area contributed by atoms with Crippen LogP contribution in [0.2, 0.25) is 0 Å². The van der Waals surface area contributed by atoms with Crippen LogP contribution in [0.4, 0.5) is 0 Å². The Hall–Kier alpha value is -1.10. The fourth-order valence-corrected chi connectivity index (χ4v) is 9.83. The van der Waals surface area contributed by atoms with Crippen LogP contribution in [0, 0.1) is 69.5 Å². The van der Waals surface area contributed by atoms with Crippen LogP contribution < -0.4 is 0 Å². The highest BCUT2D eigenvalue weighted by molar-refractivity contribution is 5.91. The molecule has 5 saturated carbocycles. The predicted octanol–water partition coefficient (Wildman–Crippen LogP) is 5.93. The normalized spacial score (nSPS) is 54.0. The summed E-state index contributed by atoms with van der Waals surface area (Å²) in [5.74, 6) is 6.76. The number of carbonyl (C=O) groups is 1. The standard InChI is InChI=1S/C26H35NO/c1-3-25-10-9-19-18-8-7-17(28)11-16(18)12-20(15-5-6-15)23(19)24(25)21-13-22(21)26(25,4-2)14-27/h11,15,18-24H,3-10,12-13H2,1-2H3/t18?,19?,20?,21?,22?,23?,24-,25?,26-/m0/s1. The van der Waals surface area contributed by atoms with Gasteiger partial charge in [0.15, 0.2) is 5.78 Å². The highest BCUT2D eigenvalue weighted by Gasteiger charge is 2.77. The Morgan fingerprint density at radius 3 is 2.61 bits per heavy atom. The van der Waals surface area contributed by atoms with Gasteiger partial charge in [-0.15, -0.1) is 0 Å². The minimum absolute atomic E-state index is 0.0468. The summed E-state index contributed by atoms with van der Waals surface area (Å²) >= 11 is 0. The quantitative estimate of drug-likeness (QED) is 0.611. The lowest BCUT2D eigenvalue weighted by Gasteiger charge is -2.60. The molecule has 0 radical (unpaired) electrons. The lowest BCUT2D eigenvalue weighted by atomic mass is 9.43. The third kappa shape index (κ3) is 1.97. The van der Waals surface area contributed by atoms with Crippen LogP contribution in [0.15, 0.2) is 11.6 Å². The van der Waals surface area contributed by atoms with Gasteiger partial charge >= 0.3 is 0 Å². The van der Waals surface area contributed by atoms with E-state index in [1.54, 1.807) is 0 Å². The third-order valence-electron chi connectivity index (χ3n) is 10.9. The van der Waals surface area contributed by atoms with Gasteiger partial charge < -0.3 is 0 Å². The van der Waals surface area contributed by atoms with E-state index in [1.807, 2.05) is 0 Å². The van der Waals surface area contributed by atoms with Gasteiger partial charge in [0.1, 0.15) is 0 Å². The van der Waals surface area contributed by atoms with Gasteiger partial charge in [-0.3, -0.25) is 4.79 Å². The van der Waals surface area contributed by atoms with Gasteiger partial charge in [0, 0.05) is 6.42 Å². The Kier molecular flexibility index (Phi) is 3.63. The molecule has 2 nitrogen and oxygen atoms in total. The van der Waals surface area contributed by atoms with Crippen molar-refractivity contribution >= 4 is 5.78 Å². The second kappa shape index (κ2) is 5.74. The fourth-order valence-electron chi connectivity index (χ4n) is 9.83. The number of nitrogens with zero attached hydrogens (tertiary/aromatic N) is 1. The fraction of sp³-hybridized carbons (Fsp3) is 0.846. The van der Waals surface area contributed by atoms with Crippen LogP contribution in [0.25, 0.3) is 0 Å². The maximum atomic E-state index is 12.2. The summed E-state index contributed by atoms with van der Waals surface area (Å²) in [4.78, 5) is 12.2. The smallest absolute Gasteiger partial charge is 0.155 e. The number of rotatable bonds is 3. The Bertz CT molecular complexity index is 787. The zero-order valence-electron chi connectivity index (χ0n) is 17.6. The van der Waals surface area contributed by atoms with Crippen molar-refractivity contribution in [2.24, 2.45) is 58.2 Å². The molecule has 0 saturated heterocycles. The third-order valence-corrected chi connectivity index (χ3v) is 10.9. The Balaban J connectivity index is 1.46. The van der Waals surface area contributed by atoms with Crippen molar-refractivity contribution in [2.75, 3.05) is 0 Å². The van der Waals surface area contributed by atoms with Crippen molar-refractivity contribution < 1.29 is 4.79 Å². The average Bonchev–Trinajstić information content (AvgIpc) is 3.63. The first-order chi connectivity index (χ1) is 13.6. The number of hydrogen-bond donors (Lipinski definition) is 0. The van der Waals surface area contributed by atoms with Gasteiger partial charge in [0.2, 0.25) is 0 Å². The Morgan fingerprint density at radius 2 is 1.93 bits per heavy atom. The highest BCUT2D eigenvalue weighted by Crippen LogP contribution is 2.81. The number of carbonyl (C=O) groups excluding carboxylic acids is 1. The molecule has 5 fully saturated rings. The van der Waals surface area contributed by atoms with Gasteiger partial charge in [-0.25, -0.2) is 0 Å². The molecular formula is C26H35NO. The monoisotopic (exact) mass is 377 g/mol. The van der Waals surface area contributed by atoms with Crippen LogP contribution in [-0.4, -0.2) is 5.78 Å². The van der Waals surface area contributed by atoms with Crippen LogP contribution in [0.3, 0.4) is 0 Å². The minimum Gasteiger partial charge on any atom is -0.295 e. The van der Waals surface area contributed by atoms with Crippen molar-refractivity contribution in [1.82, 2.24) is 0 Å². The number of fused-ring (bicyclic) bond motifs is 7. The molecular weight excluding hydrogens is 342 g/mol. The molecule has 0 bridgehead atoms. The summed E-state index contributed by atoms with van der Waals surface area (Å²) in [6.45, 7) is 4.71. The first-order valence-corrected chi connectivity index (χ1v) is 12.2. The van der Waals surface area contributed by atoms with E-state index >= 15 is 0 Å². The molecule has 0 amide bonds. The van der Waals surface area contributed by atoms with Gasteiger partial charge in [-0.05, 0) is 117 Å². The Morgan fingerprint density at radius 1 is 1.11 bits per heavy atom. The number of ketones is 1. The van der Waals surface area contributed by atoms with Crippen LogP contribution in [0.1, 0.15) is 78.1 Å². The summed E-state index contributed by atoms with van der Waals surface area (Å²) in [5.41, 5.74) is 1.77. The van der Waals surface area contributed by atoms with Crippen molar-refractivity contribution in [3.05, 3.63) is 11.6 Å². The molecule has 0 aromatic rings. The molecule has 2 heteroatoms. The molecule has 9 atom stereocenters. The second-order valence-electron chi connectivity index (χ2n) is 11.3. The predicted molar refractivity (Wildman–Crippen MR) is 109 cm³/mol. The lowest BCUT2D eigenvalue weighted by Crippen LogP contribution is -2.55. The topological polar surface area (TPSA) is 40.9 Å².